The zero-order chi connectivity index (χ0) is 24.3. The van der Waals surface area contributed by atoms with Crippen LogP contribution < -0.4 is 10.1 Å². The molecule has 1 heterocycles. The maximum Gasteiger partial charge on any atom is 0.127 e. The van der Waals surface area contributed by atoms with Gasteiger partial charge in [-0.2, -0.15) is 0 Å². The smallest absolute Gasteiger partial charge is 0.127 e. The Bertz CT molecular complexity index is 949. The van der Waals surface area contributed by atoms with E-state index in [0.29, 0.717) is 23.6 Å². The molecule has 2 N–H and O–H groups in total. The lowest BCUT2D eigenvalue weighted by atomic mass is 9.65. The van der Waals surface area contributed by atoms with E-state index in [1.165, 1.54) is 36.8 Å². The predicted octanol–water partition coefficient (Wildman–Crippen LogP) is 7.85. The summed E-state index contributed by atoms with van der Waals surface area (Å²) < 4.78 is 6.63. The summed E-state index contributed by atoms with van der Waals surface area (Å²) in [4.78, 5) is 0. The molecule has 3 nitrogen and oxygen atoms in total. The van der Waals surface area contributed by atoms with E-state index in [0.717, 1.165) is 43.5 Å². The molecule has 4 rings (SSSR count). The van der Waals surface area contributed by atoms with Crippen LogP contribution in [-0.2, 0) is 12.0 Å². The number of rotatable bonds is 9. The van der Waals surface area contributed by atoms with E-state index in [-0.39, 0.29) is 11.0 Å². The fraction of sp³-hybridized carbons (Fsp3) is 0.613. The SMILES string of the molecule is CCCCCCC(C)(C)c1cc(O)c2c(c1)OC(C)(C)C1CCC(NCc3ccccc3)CC21. The molecule has 2 aliphatic rings. The van der Waals surface area contributed by atoms with E-state index in [1.807, 2.05) is 6.07 Å². The summed E-state index contributed by atoms with van der Waals surface area (Å²) in [5.41, 5.74) is 3.37. The summed E-state index contributed by atoms with van der Waals surface area (Å²) in [6.45, 7) is 12.2. The summed E-state index contributed by atoms with van der Waals surface area (Å²) in [5.74, 6) is 2.09. The third-order valence-corrected chi connectivity index (χ3v) is 8.48. The van der Waals surface area contributed by atoms with Crippen molar-refractivity contribution in [1.29, 1.82) is 0 Å². The molecule has 0 aromatic heterocycles. The number of benzene rings is 2. The van der Waals surface area contributed by atoms with Crippen LogP contribution in [0.15, 0.2) is 42.5 Å². The van der Waals surface area contributed by atoms with Crippen molar-refractivity contribution in [3.8, 4) is 11.5 Å². The molecule has 1 saturated carbocycles. The molecule has 0 amide bonds. The zero-order valence-electron chi connectivity index (χ0n) is 22.0. The molecule has 3 atom stereocenters. The lowest BCUT2D eigenvalue weighted by Gasteiger charge is -2.49. The van der Waals surface area contributed by atoms with Gasteiger partial charge in [0.25, 0.3) is 0 Å². The minimum atomic E-state index is -0.224. The molecule has 34 heavy (non-hydrogen) atoms. The minimum Gasteiger partial charge on any atom is -0.508 e. The number of aromatic hydroxyl groups is 1. The van der Waals surface area contributed by atoms with Gasteiger partial charge in [0.1, 0.15) is 17.1 Å². The summed E-state index contributed by atoms with van der Waals surface area (Å²) >= 11 is 0. The molecule has 2 aromatic rings. The number of ether oxygens (including phenoxy) is 1. The summed E-state index contributed by atoms with van der Waals surface area (Å²) in [7, 11) is 0. The lowest BCUT2D eigenvalue weighted by molar-refractivity contribution is -0.0123. The molecule has 3 heteroatoms. The minimum absolute atomic E-state index is 0.0247. The Hall–Kier alpha value is -2.00. The van der Waals surface area contributed by atoms with Crippen molar-refractivity contribution < 1.29 is 9.84 Å². The molecule has 186 valence electrons. The van der Waals surface area contributed by atoms with E-state index < -0.39 is 0 Å². The highest BCUT2D eigenvalue weighted by atomic mass is 16.5. The van der Waals surface area contributed by atoms with Crippen LogP contribution in [0.3, 0.4) is 0 Å². The van der Waals surface area contributed by atoms with Crippen LogP contribution in [0.25, 0.3) is 0 Å². The number of phenolic OH excluding ortho intramolecular Hbond substituents is 1. The van der Waals surface area contributed by atoms with Crippen molar-refractivity contribution >= 4 is 0 Å². The van der Waals surface area contributed by atoms with Crippen LogP contribution in [0.1, 0.15) is 109 Å². The first-order valence-electron chi connectivity index (χ1n) is 13.5. The van der Waals surface area contributed by atoms with Crippen LogP contribution in [0, 0.1) is 5.92 Å². The summed E-state index contributed by atoms with van der Waals surface area (Å²) in [5, 5.41) is 15.1. The number of fused-ring (bicyclic) bond motifs is 3. The van der Waals surface area contributed by atoms with Gasteiger partial charge in [-0.1, -0.05) is 76.8 Å². The van der Waals surface area contributed by atoms with Crippen molar-refractivity contribution in [2.75, 3.05) is 0 Å². The maximum atomic E-state index is 11.3. The second-order valence-electron chi connectivity index (χ2n) is 11.9. The van der Waals surface area contributed by atoms with E-state index in [2.05, 4.69) is 76.3 Å². The monoisotopic (exact) mass is 463 g/mol. The van der Waals surface area contributed by atoms with Crippen LogP contribution in [0.2, 0.25) is 0 Å². The van der Waals surface area contributed by atoms with Crippen LogP contribution in [-0.4, -0.2) is 16.7 Å². The average molecular weight is 464 g/mol. The van der Waals surface area contributed by atoms with Crippen LogP contribution in [0.4, 0.5) is 0 Å². The standard InChI is InChI=1S/C31H45NO2/c1-6-7-8-12-17-30(2,3)23-18-27(33)29-25-20-24(32-21-22-13-10-9-11-14-22)15-16-26(25)31(4,5)34-28(29)19-23/h9-11,13-14,18-19,24-26,32-33H,6-8,12,15-17,20-21H2,1-5H3. The van der Waals surface area contributed by atoms with Gasteiger partial charge in [-0.3, -0.25) is 0 Å². The van der Waals surface area contributed by atoms with Crippen LogP contribution >= 0.6 is 0 Å². The Morgan fingerprint density at radius 1 is 1.06 bits per heavy atom. The van der Waals surface area contributed by atoms with Gasteiger partial charge in [-0.25, -0.2) is 0 Å². The first-order valence-corrected chi connectivity index (χ1v) is 13.5. The number of hydrogen-bond donors (Lipinski definition) is 2. The Kier molecular flexibility index (Phi) is 7.62. The molecular formula is C31H45NO2. The number of hydrogen-bond acceptors (Lipinski definition) is 3. The van der Waals surface area contributed by atoms with Crippen molar-refractivity contribution in [2.24, 2.45) is 5.92 Å². The maximum absolute atomic E-state index is 11.3. The predicted molar refractivity (Wildman–Crippen MR) is 142 cm³/mol. The van der Waals surface area contributed by atoms with Crippen molar-refractivity contribution in [3.05, 3.63) is 59.2 Å². The van der Waals surface area contributed by atoms with Gasteiger partial charge in [0, 0.05) is 24.1 Å². The van der Waals surface area contributed by atoms with Crippen molar-refractivity contribution in [2.45, 2.75) is 116 Å². The highest BCUT2D eigenvalue weighted by Gasteiger charge is 2.48. The average Bonchev–Trinajstić information content (AvgIpc) is 2.80. The fourth-order valence-corrected chi connectivity index (χ4v) is 6.32. The second kappa shape index (κ2) is 10.3. The molecule has 0 radical (unpaired) electrons. The number of nitrogens with one attached hydrogen (secondary N) is 1. The van der Waals surface area contributed by atoms with Gasteiger partial charge in [0.2, 0.25) is 0 Å². The number of unbranched alkanes of at least 4 members (excludes halogenated alkanes) is 3. The first-order chi connectivity index (χ1) is 16.2. The Morgan fingerprint density at radius 3 is 2.56 bits per heavy atom. The molecule has 1 aliphatic heterocycles. The highest BCUT2D eigenvalue weighted by molar-refractivity contribution is 5.53. The van der Waals surface area contributed by atoms with Gasteiger partial charge < -0.3 is 15.2 Å². The van der Waals surface area contributed by atoms with Crippen LogP contribution in [0.5, 0.6) is 11.5 Å². The van der Waals surface area contributed by atoms with Gasteiger partial charge in [-0.05, 0) is 74.1 Å². The largest absolute Gasteiger partial charge is 0.508 e. The normalized spacial score (nSPS) is 23.6. The summed E-state index contributed by atoms with van der Waals surface area (Å²) in [6, 6.07) is 15.4. The Balaban J connectivity index is 1.54. The molecule has 1 aliphatic carbocycles. The molecule has 0 saturated heterocycles. The summed E-state index contributed by atoms with van der Waals surface area (Å²) in [6.07, 6.45) is 9.51. The third-order valence-electron chi connectivity index (χ3n) is 8.48. The lowest BCUT2D eigenvalue weighted by Crippen LogP contribution is -2.49. The van der Waals surface area contributed by atoms with E-state index in [4.69, 9.17) is 4.74 Å². The molecule has 2 aromatic carbocycles. The molecule has 0 spiro atoms. The second-order valence-corrected chi connectivity index (χ2v) is 11.9. The molecular weight excluding hydrogens is 418 g/mol. The number of phenols is 1. The van der Waals surface area contributed by atoms with Crippen molar-refractivity contribution in [1.82, 2.24) is 5.32 Å². The fourth-order valence-electron chi connectivity index (χ4n) is 6.32. The van der Waals surface area contributed by atoms with Gasteiger partial charge in [0.15, 0.2) is 0 Å². The zero-order valence-corrected chi connectivity index (χ0v) is 22.0. The van der Waals surface area contributed by atoms with E-state index in [1.54, 1.807) is 0 Å². The first kappa shape index (κ1) is 25.1. The van der Waals surface area contributed by atoms with E-state index >= 15 is 0 Å². The van der Waals surface area contributed by atoms with Crippen molar-refractivity contribution in [3.63, 3.8) is 0 Å². The quantitative estimate of drug-likeness (QED) is 0.372. The Morgan fingerprint density at radius 2 is 1.82 bits per heavy atom. The molecule has 3 unspecified atom stereocenters. The van der Waals surface area contributed by atoms with Gasteiger partial charge in [0.05, 0.1) is 0 Å². The molecule has 0 bridgehead atoms. The third kappa shape index (κ3) is 5.46. The topological polar surface area (TPSA) is 41.5 Å². The molecule has 1 fully saturated rings. The highest BCUT2D eigenvalue weighted by Crippen LogP contribution is 2.55. The van der Waals surface area contributed by atoms with Gasteiger partial charge >= 0.3 is 0 Å². The Labute approximate surface area is 207 Å². The van der Waals surface area contributed by atoms with Gasteiger partial charge in [-0.15, -0.1) is 0 Å². The van der Waals surface area contributed by atoms with E-state index in [9.17, 15) is 5.11 Å².